The van der Waals surface area contributed by atoms with Crippen LogP contribution < -0.4 is 0 Å². The summed E-state index contributed by atoms with van der Waals surface area (Å²) in [5, 5.41) is 0. The van der Waals surface area contributed by atoms with Crippen molar-refractivity contribution in [3.05, 3.63) is 82.2 Å². The van der Waals surface area contributed by atoms with Crippen molar-refractivity contribution in [1.82, 2.24) is 0 Å². The van der Waals surface area contributed by atoms with Crippen LogP contribution in [0.25, 0.3) is 0 Å². The zero-order valence-electron chi connectivity index (χ0n) is 17.8. The van der Waals surface area contributed by atoms with E-state index in [2.05, 4.69) is 53.7 Å². The molecule has 0 saturated carbocycles. The molecule has 0 unspecified atom stereocenters. The normalized spacial score (nSPS) is 7.74. The van der Waals surface area contributed by atoms with Gasteiger partial charge < -0.3 is 57.9 Å². The number of hydrogen-bond donors (Lipinski definition) is 0. The summed E-state index contributed by atoms with van der Waals surface area (Å²) in [4.78, 5) is 0. The molecule has 0 atom stereocenters. The van der Waals surface area contributed by atoms with E-state index < -0.39 is 0 Å². The van der Waals surface area contributed by atoms with E-state index in [4.69, 9.17) is 0 Å². The molecule has 0 aromatic heterocycles. The Morgan fingerprint density at radius 1 is 0.739 bits per heavy atom. The Morgan fingerprint density at radius 3 is 1.04 bits per heavy atom. The van der Waals surface area contributed by atoms with Crippen LogP contribution in [-0.2, 0) is 21.7 Å². The van der Waals surface area contributed by atoms with E-state index in [1.54, 1.807) is 0 Å². The van der Waals surface area contributed by atoms with E-state index >= 15 is 0 Å². The van der Waals surface area contributed by atoms with Gasteiger partial charge in [0.15, 0.2) is 0 Å². The van der Waals surface area contributed by atoms with E-state index in [0.29, 0.717) is 0 Å². The summed E-state index contributed by atoms with van der Waals surface area (Å²) < 4.78 is 0. The molecule has 1 rings (SSSR count). The summed E-state index contributed by atoms with van der Waals surface area (Å²) in [6, 6.07) is 0. The van der Waals surface area contributed by atoms with Gasteiger partial charge >= 0.3 is 0 Å². The predicted octanol–water partition coefficient (Wildman–Crippen LogP) is 8.42. The fraction of sp³-hybridized carbons (Fsp3) is 0.455. The summed E-state index contributed by atoms with van der Waals surface area (Å²) in [6.45, 7) is 17.2. The van der Waals surface area contributed by atoms with Crippen LogP contribution in [0.15, 0.2) is 18.2 Å². The van der Waals surface area contributed by atoms with Gasteiger partial charge in [-0.3, -0.25) is 6.08 Å². The monoisotopic (exact) mass is 359 g/mol. The fourth-order valence-electron chi connectivity index (χ4n) is 0.340. The molecule has 0 amide bonds. The van der Waals surface area contributed by atoms with Gasteiger partial charge in [-0.25, -0.2) is 12.2 Å². The van der Waals surface area contributed by atoms with Gasteiger partial charge in [-0.05, 0) is 0 Å². The molecule has 0 spiro atoms. The predicted molar refractivity (Wildman–Crippen MR) is 114 cm³/mol. The van der Waals surface area contributed by atoms with Crippen molar-refractivity contribution in [3.63, 3.8) is 0 Å². The van der Waals surface area contributed by atoms with Crippen molar-refractivity contribution >= 4 is 0 Å². The zero-order chi connectivity index (χ0) is 13.8. The summed E-state index contributed by atoms with van der Waals surface area (Å²) in [5.41, 5.74) is 0. The maximum Gasteiger partial charge on any atom is 0 e. The minimum Gasteiger partial charge on any atom is -0.358 e. The van der Waals surface area contributed by atoms with Crippen LogP contribution in [0.5, 0.6) is 0 Å². The summed E-state index contributed by atoms with van der Waals surface area (Å²) in [5.74, 6) is 0. The summed E-state index contributed by atoms with van der Waals surface area (Å²) in [7, 11) is 0. The van der Waals surface area contributed by atoms with Gasteiger partial charge in [0.2, 0.25) is 0 Å². The molecule has 148 valence electrons. The third-order valence-electron chi connectivity index (χ3n) is 1.65. The Morgan fingerprint density at radius 2 is 1.00 bits per heavy atom. The fourth-order valence-corrected chi connectivity index (χ4v) is 0.340. The minimum absolute atomic E-state index is 0. The molecule has 0 aromatic rings. The van der Waals surface area contributed by atoms with Crippen LogP contribution in [0.4, 0.5) is 0 Å². The molecule has 1 heteroatoms. The van der Waals surface area contributed by atoms with Crippen molar-refractivity contribution in [2.45, 2.75) is 65.7 Å². The van der Waals surface area contributed by atoms with Crippen molar-refractivity contribution in [3.8, 4) is 0 Å². The van der Waals surface area contributed by atoms with Crippen molar-refractivity contribution in [2.75, 3.05) is 0 Å². The van der Waals surface area contributed by atoms with E-state index in [1.165, 1.54) is 19.3 Å². The van der Waals surface area contributed by atoms with E-state index in [1.807, 2.05) is 12.2 Å². The molecule has 1 aliphatic carbocycles. The number of hydrogen-bond acceptors (Lipinski definition) is 0. The van der Waals surface area contributed by atoms with Gasteiger partial charge in [0.05, 0.1) is 0 Å². The van der Waals surface area contributed by atoms with Gasteiger partial charge in [0.25, 0.3) is 0 Å². The zero-order valence-corrected chi connectivity index (χ0v) is 19.4. The summed E-state index contributed by atoms with van der Waals surface area (Å²) in [6.07, 6.45) is 16.8. The Bertz CT molecular complexity index is 111. The van der Waals surface area contributed by atoms with Crippen LogP contribution in [0, 0.1) is 64.0 Å². The second-order valence-electron chi connectivity index (χ2n) is 3.56. The van der Waals surface area contributed by atoms with Gasteiger partial charge in [0, 0.05) is 21.7 Å². The molecular weight excluding hydrogens is 312 g/mol. The van der Waals surface area contributed by atoms with Gasteiger partial charge in [-0.15, -0.1) is 6.42 Å². The van der Waals surface area contributed by atoms with Crippen molar-refractivity contribution in [2.24, 2.45) is 0 Å². The molecule has 1 aliphatic rings. The standard InChI is InChI=1S/C5H5.3C4H9.5CH3.Ti/c1-2-4-5-3-1;3*1-3-4-2;;;;;;/h1-3H,4H2;3*1,3-4H2,2H3;5*1H3;/q9*-1;. The Kier molecular flexibility index (Phi) is 196. The molecule has 0 aromatic carbocycles. The summed E-state index contributed by atoms with van der Waals surface area (Å²) >= 11 is 0. The number of rotatable bonds is 3. The van der Waals surface area contributed by atoms with Crippen LogP contribution in [0.2, 0.25) is 0 Å². The molecule has 0 fully saturated rings. The number of allylic oxidation sites excluding steroid dienone is 4. The number of unbranched alkanes of at least 4 members (excludes halogenated alkanes) is 3. The first-order chi connectivity index (χ1) is 8.24. The second kappa shape index (κ2) is 79.6. The average Bonchev–Trinajstić information content (AvgIpc) is 2.98. The molecule has 0 radical (unpaired) electrons. The third-order valence-corrected chi connectivity index (χ3v) is 1.65. The quantitative estimate of drug-likeness (QED) is 0.350. The molecule has 0 nitrogen and oxygen atoms in total. The smallest absolute Gasteiger partial charge is 0 e. The van der Waals surface area contributed by atoms with Gasteiger partial charge in [-0.2, -0.15) is 25.3 Å². The van der Waals surface area contributed by atoms with Crippen LogP contribution in [0.1, 0.15) is 65.7 Å². The SMILES string of the molecule is [C-]1=CC=CC1.[CH2-]CCC.[CH2-]CCC.[CH2-]CCC.[CH3-].[CH3-].[CH3-].[CH3-].[CH3-].[Ti]. The first-order valence-corrected chi connectivity index (χ1v) is 6.84. The van der Waals surface area contributed by atoms with Crippen LogP contribution in [-0.4, -0.2) is 0 Å². The second-order valence-corrected chi connectivity index (χ2v) is 3.56. The maximum atomic E-state index is 3.60. The topological polar surface area (TPSA) is 0 Å². The molecular formula is C22H47Ti-9. The Hall–Kier alpha value is 0.194. The molecule has 0 N–H and O–H groups in total. The van der Waals surface area contributed by atoms with E-state index in [9.17, 15) is 0 Å². The molecule has 23 heavy (non-hydrogen) atoms. The Balaban J connectivity index is -0.0000000150. The van der Waals surface area contributed by atoms with Crippen LogP contribution >= 0.6 is 0 Å². The molecule has 0 heterocycles. The van der Waals surface area contributed by atoms with Gasteiger partial charge in [0.1, 0.15) is 0 Å². The largest absolute Gasteiger partial charge is 0.358 e. The average molecular weight is 359 g/mol. The minimum atomic E-state index is 0. The molecule has 0 saturated heterocycles. The van der Waals surface area contributed by atoms with Crippen molar-refractivity contribution < 1.29 is 21.7 Å². The first kappa shape index (κ1) is 56.7. The maximum absolute atomic E-state index is 3.60. The van der Waals surface area contributed by atoms with Gasteiger partial charge in [-0.1, -0.05) is 40.0 Å². The van der Waals surface area contributed by atoms with Crippen molar-refractivity contribution in [1.29, 1.82) is 0 Å². The van der Waals surface area contributed by atoms with Crippen LogP contribution in [0.3, 0.4) is 0 Å². The first-order valence-electron chi connectivity index (χ1n) is 6.84. The third kappa shape index (κ3) is 135. The molecule has 0 aliphatic heterocycles. The van der Waals surface area contributed by atoms with E-state index in [0.717, 1.165) is 25.7 Å². The van der Waals surface area contributed by atoms with E-state index in [-0.39, 0.29) is 58.9 Å². The Labute approximate surface area is 169 Å². The molecule has 0 bridgehead atoms.